The molecular formula is C18H16ClNO3. The summed E-state index contributed by atoms with van der Waals surface area (Å²) in [6.07, 6.45) is 1.74. The van der Waals surface area contributed by atoms with Gasteiger partial charge in [-0.3, -0.25) is 4.79 Å². The maximum Gasteiger partial charge on any atom is 0.255 e. The first-order valence-corrected chi connectivity index (χ1v) is 8.08. The molecule has 118 valence electrons. The lowest BCUT2D eigenvalue weighted by molar-refractivity contribution is 0.0925. The van der Waals surface area contributed by atoms with Crippen LogP contribution in [0, 0.1) is 0 Å². The number of fused-ring (bicyclic) bond motifs is 2. The van der Waals surface area contributed by atoms with Gasteiger partial charge >= 0.3 is 0 Å². The lowest BCUT2D eigenvalue weighted by Crippen LogP contribution is -2.28. The Morgan fingerprint density at radius 1 is 1.13 bits per heavy atom. The second kappa shape index (κ2) is 5.78. The monoisotopic (exact) mass is 329 g/mol. The Morgan fingerprint density at radius 2 is 1.96 bits per heavy atom. The zero-order valence-electron chi connectivity index (χ0n) is 12.5. The third kappa shape index (κ3) is 2.53. The van der Waals surface area contributed by atoms with E-state index in [0.29, 0.717) is 30.3 Å². The Morgan fingerprint density at radius 3 is 2.87 bits per heavy atom. The maximum atomic E-state index is 12.7. The molecule has 2 aromatic rings. The molecule has 0 spiro atoms. The number of amides is 1. The highest BCUT2D eigenvalue weighted by Crippen LogP contribution is 2.37. The van der Waals surface area contributed by atoms with Gasteiger partial charge in [0.25, 0.3) is 5.91 Å². The van der Waals surface area contributed by atoms with Gasteiger partial charge in [0, 0.05) is 5.02 Å². The fourth-order valence-electron chi connectivity index (χ4n) is 3.25. The van der Waals surface area contributed by atoms with Crippen LogP contribution in [0.1, 0.15) is 33.9 Å². The molecule has 5 heteroatoms. The molecular weight excluding hydrogens is 314 g/mol. The first kappa shape index (κ1) is 14.4. The summed E-state index contributed by atoms with van der Waals surface area (Å²) in [6, 6.07) is 11.2. The maximum absolute atomic E-state index is 12.7. The normalized spacial score (nSPS) is 18.4. The number of ether oxygens (including phenoxy) is 2. The predicted molar refractivity (Wildman–Crippen MR) is 87.4 cm³/mol. The quantitative estimate of drug-likeness (QED) is 0.917. The molecule has 0 saturated heterocycles. The van der Waals surface area contributed by atoms with Gasteiger partial charge in [0.1, 0.15) is 13.2 Å². The molecule has 0 aromatic heterocycles. The molecule has 0 saturated carbocycles. The summed E-state index contributed by atoms with van der Waals surface area (Å²) in [5.74, 6) is 1.00. The number of carbonyl (C=O) groups is 1. The van der Waals surface area contributed by atoms with Crippen molar-refractivity contribution in [1.82, 2.24) is 5.32 Å². The van der Waals surface area contributed by atoms with Crippen LogP contribution in [0.25, 0.3) is 0 Å². The average Bonchev–Trinajstić information content (AvgIpc) is 2.99. The Hall–Kier alpha value is -2.20. The van der Waals surface area contributed by atoms with Crippen LogP contribution < -0.4 is 14.8 Å². The molecule has 1 N–H and O–H groups in total. The minimum Gasteiger partial charge on any atom is -0.486 e. The minimum absolute atomic E-state index is 0.0171. The molecule has 2 aromatic carbocycles. The standard InChI is InChI=1S/C18H16ClNO3/c19-14-5-1-3-12-11(14)7-8-15(12)20-18(21)13-4-2-6-16-17(13)23-10-9-22-16/h1-6,15H,7-10H2,(H,20,21)/t15-/m1/s1. The number of halogens is 1. The van der Waals surface area contributed by atoms with Crippen molar-refractivity contribution >= 4 is 17.5 Å². The Bertz CT molecular complexity index is 775. The number of para-hydroxylation sites is 1. The zero-order valence-corrected chi connectivity index (χ0v) is 13.2. The SMILES string of the molecule is O=C(N[C@@H]1CCc2c(Cl)cccc21)c1cccc2c1OCCO2. The fraction of sp³-hybridized carbons (Fsp3) is 0.278. The van der Waals surface area contributed by atoms with Gasteiger partial charge in [-0.25, -0.2) is 0 Å². The van der Waals surface area contributed by atoms with Crippen LogP contribution >= 0.6 is 11.6 Å². The largest absolute Gasteiger partial charge is 0.486 e. The zero-order chi connectivity index (χ0) is 15.8. The summed E-state index contributed by atoms with van der Waals surface area (Å²) >= 11 is 6.23. The van der Waals surface area contributed by atoms with Gasteiger partial charge in [0.05, 0.1) is 11.6 Å². The molecule has 1 heterocycles. The third-order valence-electron chi connectivity index (χ3n) is 4.33. The minimum atomic E-state index is -0.148. The first-order valence-electron chi connectivity index (χ1n) is 7.71. The molecule has 0 radical (unpaired) electrons. The van der Waals surface area contributed by atoms with E-state index in [1.807, 2.05) is 30.3 Å². The van der Waals surface area contributed by atoms with E-state index >= 15 is 0 Å². The van der Waals surface area contributed by atoms with Crippen LogP contribution in [0.3, 0.4) is 0 Å². The van der Waals surface area contributed by atoms with Gasteiger partial charge < -0.3 is 14.8 Å². The molecule has 0 unspecified atom stereocenters. The average molecular weight is 330 g/mol. The first-order chi connectivity index (χ1) is 11.2. The third-order valence-corrected chi connectivity index (χ3v) is 4.68. The molecule has 1 atom stereocenters. The molecule has 23 heavy (non-hydrogen) atoms. The van der Waals surface area contributed by atoms with Crippen molar-refractivity contribution < 1.29 is 14.3 Å². The molecule has 1 aliphatic carbocycles. The van der Waals surface area contributed by atoms with Gasteiger partial charge in [-0.2, -0.15) is 0 Å². The predicted octanol–water partition coefficient (Wildman–Crippen LogP) is 3.53. The summed E-state index contributed by atoms with van der Waals surface area (Å²) < 4.78 is 11.2. The second-order valence-electron chi connectivity index (χ2n) is 5.70. The van der Waals surface area contributed by atoms with E-state index in [2.05, 4.69) is 5.32 Å². The van der Waals surface area contributed by atoms with E-state index in [-0.39, 0.29) is 11.9 Å². The van der Waals surface area contributed by atoms with Gasteiger partial charge in [0.15, 0.2) is 11.5 Å². The van der Waals surface area contributed by atoms with Crippen LogP contribution in [0.4, 0.5) is 0 Å². The van der Waals surface area contributed by atoms with Crippen LogP contribution in [0.2, 0.25) is 5.02 Å². The smallest absolute Gasteiger partial charge is 0.255 e. The molecule has 0 bridgehead atoms. The van der Waals surface area contributed by atoms with Crippen molar-refractivity contribution in [1.29, 1.82) is 0 Å². The van der Waals surface area contributed by atoms with Crippen molar-refractivity contribution in [3.8, 4) is 11.5 Å². The van der Waals surface area contributed by atoms with E-state index < -0.39 is 0 Å². The van der Waals surface area contributed by atoms with Crippen LogP contribution in [0.5, 0.6) is 11.5 Å². The summed E-state index contributed by atoms with van der Waals surface area (Å²) in [4.78, 5) is 12.7. The Balaban J connectivity index is 1.60. The highest BCUT2D eigenvalue weighted by atomic mass is 35.5. The molecule has 2 aliphatic rings. The van der Waals surface area contributed by atoms with Crippen molar-refractivity contribution in [3.63, 3.8) is 0 Å². The number of nitrogens with one attached hydrogen (secondary N) is 1. The number of carbonyl (C=O) groups excluding carboxylic acids is 1. The molecule has 0 fully saturated rings. The van der Waals surface area contributed by atoms with Crippen LogP contribution in [-0.4, -0.2) is 19.1 Å². The van der Waals surface area contributed by atoms with Gasteiger partial charge in [-0.05, 0) is 42.2 Å². The van der Waals surface area contributed by atoms with Crippen molar-refractivity contribution in [2.45, 2.75) is 18.9 Å². The topological polar surface area (TPSA) is 47.6 Å². The highest BCUT2D eigenvalue weighted by molar-refractivity contribution is 6.31. The van der Waals surface area contributed by atoms with Crippen molar-refractivity contribution in [2.24, 2.45) is 0 Å². The van der Waals surface area contributed by atoms with Crippen LogP contribution in [0.15, 0.2) is 36.4 Å². The lowest BCUT2D eigenvalue weighted by Gasteiger charge is -2.21. The van der Waals surface area contributed by atoms with E-state index in [0.717, 1.165) is 29.0 Å². The Labute approximate surface area is 139 Å². The summed E-state index contributed by atoms with van der Waals surface area (Å²) in [5.41, 5.74) is 2.75. The van der Waals surface area contributed by atoms with Gasteiger partial charge in [-0.15, -0.1) is 0 Å². The lowest BCUT2D eigenvalue weighted by atomic mass is 10.1. The molecule has 1 amide bonds. The number of hydrogen-bond acceptors (Lipinski definition) is 3. The molecule has 1 aliphatic heterocycles. The van der Waals surface area contributed by atoms with Gasteiger partial charge in [-0.1, -0.05) is 29.8 Å². The number of benzene rings is 2. The highest BCUT2D eigenvalue weighted by Gasteiger charge is 2.27. The van der Waals surface area contributed by atoms with E-state index in [4.69, 9.17) is 21.1 Å². The Kier molecular flexibility index (Phi) is 3.62. The van der Waals surface area contributed by atoms with E-state index in [1.165, 1.54) is 0 Å². The summed E-state index contributed by atoms with van der Waals surface area (Å²) in [6.45, 7) is 0.964. The summed E-state index contributed by atoms with van der Waals surface area (Å²) in [5, 5.41) is 3.87. The van der Waals surface area contributed by atoms with E-state index in [9.17, 15) is 4.79 Å². The van der Waals surface area contributed by atoms with Crippen LogP contribution in [-0.2, 0) is 6.42 Å². The molecule has 4 rings (SSSR count). The number of hydrogen-bond donors (Lipinski definition) is 1. The van der Waals surface area contributed by atoms with Gasteiger partial charge in [0.2, 0.25) is 0 Å². The second-order valence-corrected chi connectivity index (χ2v) is 6.11. The van der Waals surface area contributed by atoms with Crippen molar-refractivity contribution in [3.05, 3.63) is 58.1 Å². The summed E-state index contributed by atoms with van der Waals surface area (Å²) in [7, 11) is 0. The number of rotatable bonds is 2. The fourth-order valence-corrected chi connectivity index (χ4v) is 3.52. The van der Waals surface area contributed by atoms with Crippen molar-refractivity contribution in [2.75, 3.05) is 13.2 Å². The molecule has 4 nitrogen and oxygen atoms in total. The van der Waals surface area contributed by atoms with E-state index in [1.54, 1.807) is 6.07 Å².